The predicted molar refractivity (Wildman–Crippen MR) is 79.1 cm³/mol. The van der Waals surface area contributed by atoms with Gasteiger partial charge in [-0.25, -0.2) is 4.39 Å². The summed E-state index contributed by atoms with van der Waals surface area (Å²) in [5, 5.41) is 23.7. The molecule has 116 valence electrons. The van der Waals surface area contributed by atoms with E-state index in [1.54, 1.807) is 0 Å². The van der Waals surface area contributed by atoms with E-state index in [-0.39, 0.29) is 23.0 Å². The number of hydrogen-bond donors (Lipinski definition) is 2. The van der Waals surface area contributed by atoms with Crippen molar-refractivity contribution in [2.24, 2.45) is 5.92 Å². The molecule has 0 aliphatic heterocycles. The van der Waals surface area contributed by atoms with Crippen LogP contribution in [-0.4, -0.2) is 22.2 Å². The van der Waals surface area contributed by atoms with Crippen LogP contribution in [0.15, 0.2) is 12.1 Å². The quantitative estimate of drug-likeness (QED) is 0.655. The third kappa shape index (κ3) is 3.44. The average Bonchev–Trinajstić information content (AvgIpc) is 2.42. The lowest BCUT2D eigenvalue weighted by atomic mass is 9.76. The molecule has 1 aromatic rings. The molecular weight excluding hydrogens is 299 g/mol. The normalized spacial score (nSPS) is 25.6. The van der Waals surface area contributed by atoms with Crippen molar-refractivity contribution >= 4 is 23.0 Å². The fourth-order valence-corrected chi connectivity index (χ4v) is 3.19. The highest BCUT2D eigenvalue weighted by Crippen LogP contribution is 2.38. The molecule has 21 heavy (non-hydrogen) atoms. The Morgan fingerprint density at radius 1 is 1.62 bits per heavy atom. The molecule has 7 heteroatoms. The highest BCUT2D eigenvalue weighted by molar-refractivity contribution is 6.31. The van der Waals surface area contributed by atoms with E-state index in [2.05, 4.69) is 12.2 Å². The first-order valence-corrected chi connectivity index (χ1v) is 7.27. The van der Waals surface area contributed by atoms with Crippen LogP contribution in [0, 0.1) is 21.8 Å². The number of nitrogens with zero attached hydrogens (tertiary/aromatic N) is 1. The van der Waals surface area contributed by atoms with Crippen LogP contribution in [0.25, 0.3) is 0 Å². The van der Waals surface area contributed by atoms with Crippen molar-refractivity contribution in [2.45, 2.75) is 38.1 Å². The average molecular weight is 317 g/mol. The van der Waals surface area contributed by atoms with E-state index in [0.29, 0.717) is 18.8 Å². The van der Waals surface area contributed by atoms with E-state index in [9.17, 15) is 19.6 Å². The SMILES string of the molecule is CC1CCCC(CO)(Nc2cc(Cl)c(F)cc2[N+](=O)[O-])C1. The van der Waals surface area contributed by atoms with Crippen LogP contribution < -0.4 is 5.32 Å². The number of nitro groups is 1. The van der Waals surface area contributed by atoms with Crippen LogP contribution in [0.2, 0.25) is 5.02 Å². The van der Waals surface area contributed by atoms with Crippen molar-refractivity contribution in [3.8, 4) is 0 Å². The fourth-order valence-electron chi connectivity index (χ4n) is 3.03. The maximum absolute atomic E-state index is 13.4. The minimum atomic E-state index is -0.830. The zero-order chi connectivity index (χ0) is 15.6. The molecule has 0 amide bonds. The molecule has 1 fully saturated rings. The van der Waals surface area contributed by atoms with Gasteiger partial charge in [0.05, 0.1) is 28.2 Å². The molecule has 2 N–H and O–H groups in total. The van der Waals surface area contributed by atoms with Crippen molar-refractivity contribution in [2.75, 3.05) is 11.9 Å². The van der Waals surface area contributed by atoms with Crippen molar-refractivity contribution in [1.29, 1.82) is 0 Å². The minimum Gasteiger partial charge on any atom is -0.394 e. The van der Waals surface area contributed by atoms with Crippen LogP contribution >= 0.6 is 11.6 Å². The smallest absolute Gasteiger partial charge is 0.295 e. The van der Waals surface area contributed by atoms with Crippen LogP contribution in [0.1, 0.15) is 32.6 Å². The van der Waals surface area contributed by atoms with Gasteiger partial charge in [-0.1, -0.05) is 31.4 Å². The molecule has 1 saturated carbocycles. The summed E-state index contributed by atoms with van der Waals surface area (Å²) in [7, 11) is 0. The van der Waals surface area contributed by atoms with Crippen LogP contribution in [0.3, 0.4) is 0 Å². The van der Waals surface area contributed by atoms with Gasteiger partial charge in [0.2, 0.25) is 0 Å². The summed E-state index contributed by atoms with van der Waals surface area (Å²) < 4.78 is 13.4. The lowest BCUT2D eigenvalue weighted by molar-refractivity contribution is -0.384. The van der Waals surface area contributed by atoms with Gasteiger partial charge in [0.25, 0.3) is 5.69 Å². The summed E-state index contributed by atoms with van der Waals surface area (Å²) in [6.45, 7) is 1.95. The lowest BCUT2D eigenvalue weighted by Crippen LogP contribution is -2.46. The van der Waals surface area contributed by atoms with Gasteiger partial charge in [-0.2, -0.15) is 0 Å². The number of anilines is 1. The number of hydrogen-bond acceptors (Lipinski definition) is 4. The second kappa shape index (κ2) is 6.15. The van der Waals surface area contributed by atoms with Gasteiger partial charge in [-0.15, -0.1) is 0 Å². The minimum absolute atomic E-state index is 0.135. The van der Waals surface area contributed by atoms with Gasteiger partial charge in [0.15, 0.2) is 0 Å². The molecule has 1 aliphatic rings. The Balaban J connectivity index is 2.37. The molecule has 2 unspecified atom stereocenters. The van der Waals surface area contributed by atoms with Gasteiger partial charge in [0, 0.05) is 0 Å². The Kier molecular flexibility index (Phi) is 4.68. The van der Waals surface area contributed by atoms with Crippen molar-refractivity contribution in [3.63, 3.8) is 0 Å². The third-order valence-electron chi connectivity index (χ3n) is 4.03. The summed E-state index contributed by atoms with van der Waals surface area (Å²) in [6.07, 6.45) is 3.41. The van der Waals surface area contributed by atoms with E-state index in [1.807, 2.05) is 0 Å². The maximum Gasteiger partial charge on any atom is 0.295 e. The van der Waals surface area contributed by atoms with Crippen LogP contribution in [0.5, 0.6) is 0 Å². The summed E-state index contributed by atoms with van der Waals surface area (Å²) in [4.78, 5) is 10.4. The number of halogens is 2. The Bertz CT molecular complexity index is 555. The zero-order valence-corrected chi connectivity index (χ0v) is 12.5. The number of nitro benzene ring substituents is 1. The van der Waals surface area contributed by atoms with Gasteiger partial charge in [0.1, 0.15) is 11.5 Å². The maximum atomic E-state index is 13.4. The standard InChI is InChI=1S/C14H18ClFN2O3/c1-9-3-2-4-14(7-9,8-19)17-12-5-10(15)11(16)6-13(12)18(20)21/h5-6,9,17,19H,2-4,7-8H2,1H3. The molecule has 1 aromatic carbocycles. The van der Waals surface area contributed by atoms with E-state index >= 15 is 0 Å². The van der Waals surface area contributed by atoms with Crippen molar-refractivity contribution in [3.05, 3.63) is 33.1 Å². The van der Waals surface area contributed by atoms with Gasteiger partial charge in [-0.05, 0) is 24.8 Å². The van der Waals surface area contributed by atoms with E-state index in [1.165, 1.54) is 6.07 Å². The first-order chi connectivity index (χ1) is 9.87. The number of aliphatic hydroxyl groups is 1. The largest absolute Gasteiger partial charge is 0.394 e. The second-order valence-corrected chi connectivity index (χ2v) is 6.21. The van der Waals surface area contributed by atoms with E-state index in [0.717, 1.165) is 18.9 Å². The highest BCUT2D eigenvalue weighted by atomic mass is 35.5. The van der Waals surface area contributed by atoms with E-state index in [4.69, 9.17) is 11.6 Å². The summed E-state index contributed by atoms with van der Waals surface area (Å²) in [5.41, 5.74) is -0.846. The summed E-state index contributed by atoms with van der Waals surface area (Å²) >= 11 is 5.73. The highest BCUT2D eigenvalue weighted by Gasteiger charge is 2.36. The molecule has 0 spiro atoms. The Hall–Kier alpha value is -1.40. The number of benzene rings is 1. The Labute approximate surface area is 127 Å². The van der Waals surface area contributed by atoms with E-state index < -0.39 is 16.3 Å². The predicted octanol–water partition coefficient (Wildman–Crippen LogP) is 3.74. The summed E-state index contributed by atoms with van der Waals surface area (Å²) in [6, 6.07) is 2.02. The third-order valence-corrected chi connectivity index (χ3v) is 4.32. The fraction of sp³-hybridized carbons (Fsp3) is 0.571. The number of rotatable bonds is 4. The molecular formula is C14H18ClFN2O3. The first-order valence-electron chi connectivity index (χ1n) is 6.89. The number of aliphatic hydroxyl groups excluding tert-OH is 1. The van der Waals surface area contributed by atoms with Crippen molar-refractivity contribution < 1.29 is 14.4 Å². The summed E-state index contributed by atoms with van der Waals surface area (Å²) in [5.74, 6) is -0.419. The Morgan fingerprint density at radius 2 is 2.33 bits per heavy atom. The lowest BCUT2D eigenvalue weighted by Gasteiger charge is -2.40. The molecule has 0 bridgehead atoms. The van der Waals surface area contributed by atoms with Gasteiger partial charge < -0.3 is 10.4 Å². The molecule has 0 aromatic heterocycles. The molecule has 5 nitrogen and oxygen atoms in total. The van der Waals surface area contributed by atoms with Gasteiger partial charge >= 0.3 is 0 Å². The van der Waals surface area contributed by atoms with Crippen LogP contribution in [-0.2, 0) is 0 Å². The topological polar surface area (TPSA) is 75.4 Å². The Morgan fingerprint density at radius 3 is 2.90 bits per heavy atom. The molecule has 0 saturated heterocycles. The zero-order valence-electron chi connectivity index (χ0n) is 11.7. The molecule has 0 heterocycles. The monoisotopic (exact) mass is 316 g/mol. The molecule has 1 aliphatic carbocycles. The van der Waals surface area contributed by atoms with Crippen molar-refractivity contribution in [1.82, 2.24) is 0 Å². The molecule has 0 radical (unpaired) electrons. The molecule has 2 atom stereocenters. The first kappa shape index (κ1) is 16.0. The number of nitrogens with one attached hydrogen (secondary N) is 1. The molecule has 2 rings (SSSR count). The second-order valence-electron chi connectivity index (χ2n) is 5.81. The van der Waals surface area contributed by atoms with Crippen LogP contribution in [0.4, 0.5) is 15.8 Å². The van der Waals surface area contributed by atoms with Gasteiger partial charge in [-0.3, -0.25) is 10.1 Å².